The minimum atomic E-state index is -4.47. The van der Waals surface area contributed by atoms with Crippen molar-refractivity contribution in [3.05, 3.63) is 76.3 Å². The van der Waals surface area contributed by atoms with Crippen LogP contribution in [0, 0.1) is 0 Å². The highest BCUT2D eigenvalue weighted by Crippen LogP contribution is 2.36. The summed E-state index contributed by atoms with van der Waals surface area (Å²) in [5, 5.41) is 4.73. The third-order valence-electron chi connectivity index (χ3n) is 6.48. The van der Waals surface area contributed by atoms with Crippen LogP contribution in [0.15, 0.2) is 64.0 Å². The number of alkyl halides is 3. The van der Waals surface area contributed by atoms with Crippen LogP contribution >= 0.6 is 0 Å². The molecule has 5 rings (SSSR count). The van der Waals surface area contributed by atoms with Crippen LogP contribution in [0.2, 0.25) is 0 Å². The number of hydrogen-bond donors (Lipinski definition) is 1. The second kappa shape index (κ2) is 8.26. The molecule has 172 valence electrons. The van der Waals surface area contributed by atoms with Crippen molar-refractivity contribution in [2.45, 2.75) is 31.6 Å². The molecule has 5 nitrogen and oxygen atoms in total. The molecule has 0 atom stereocenters. The number of furan rings is 1. The van der Waals surface area contributed by atoms with E-state index in [1.807, 2.05) is 24.3 Å². The maximum absolute atomic E-state index is 13.5. The van der Waals surface area contributed by atoms with Crippen molar-refractivity contribution in [3.63, 3.8) is 0 Å². The normalized spacial score (nSPS) is 15.4. The van der Waals surface area contributed by atoms with Crippen molar-refractivity contribution in [2.24, 2.45) is 7.05 Å². The highest BCUT2D eigenvalue weighted by molar-refractivity contribution is 5.93. The minimum Gasteiger partial charge on any atom is -0.464 e. The van der Waals surface area contributed by atoms with Gasteiger partial charge in [0, 0.05) is 36.5 Å². The number of nitrogens with zero attached hydrogens (tertiary/aromatic N) is 2. The standard InChI is InChI=1S/C25H24F3N3O2/c1-30-21-4-3-18(25(26,27)28)13-20(21)22(14-24(30)32)31(19-6-9-29-10-7-19)15-16-2-5-23-17(12-16)8-11-33-23/h2-5,8,11-14,19,29H,6-7,9-10,15H2,1H3. The first-order chi connectivity index (χ1) is 15.8. The first kappa shape index (κ1) is 21.6. The lowest BCUT2D eigenvalue weighted by molar-refractivity contribution is -0.137. The molecular weight excluding hydrogens is 431 g/mol. The van der Waals surface area contributed by atoms with Gasteiger partial charge in [0.1, 0.15) is 5.58 Å². The molecule has 4 aromatic rings. The lowest BCUT2D eigenvalue weighted by atomic mass is 10.0. The second-order valence-corrected chi connectivity index (χ2v) is 8.56. The number of fused-ring (bicyclic) bond motifs is 2. The van der Waals surface area contributed by atoms with E-state index in [0.717, 1.165) is 54.6 Å². The van der Waals surface area contributed by atoms with Gasteiger partial charge in [-0.2, -0.15) is 13.2 Å². The molecule has 3 heterocycles. The molecule has 1 saturated heterocycles. The quantitative estimate of drug-likeness (QED) is 0.467. The van der Waals surface area contributed by atoms with E-state index in [0.29, 0.717) is 23.1 Å². The zero-order valence-corrected chi connectivity index (χ0v) is 18.2. The zero-order chi connectivity index (χ0) is 23.2. The van der Waals surface area contributed by atoms with Crippen molar-refractivity contribution in [1.29, 1.82) is 0 Å². The molecule has 2 aromatic heterocycles. The largest absolute Gasteiger partial charge is 0.464 e. The number of halogens is 3. The average Bonchev–Trinajstić information content (AvgIpc) is 3.28. The molecule has 8 heteroatoms. The minimum absolute atomic E-state index is 0.0937. The van der Waals surface area contributed by atoms with Gasteiger partial charge in [-0.1, -0.05) is 6.07 Å². The number of aryl methyl sites for hydroxylation is 1. The van der Waals surface area contributed by atoms with Gasteiger partial charge >= 0.3 is 6.18 Å². The molecule has 0 unspecified atom stereocenters. The maximum Gasteiger partial charge on any atom is 0.416 e. The Labute approximate surface area is 188 Å². The van der Waals surface area contributed by atoms with Gasteiger partial charge in [-0.15, -0.1) is 0 Å². The van der Waals surface area contributed by atoms with E-state index in [1.54, 1.807) is 13.3 Å². The number of pyridine rings is 1. The summed E-state index contributed by atoms with van der Waals surface area (Å²) >= 11 is 0. The Morgan fingerprint density at radius 2 is 1.88 bits per heavy atom. The van der Waals surface area contributed by atoms with Gasteiger partial charge in [-0.05, 0) is 67.9 Å². The fourth-order valence-corrected chi connectivity index (χ4v) is 4.70. The van der Waals surface area contributed by atoms with Crippen LogP contribution in [-0.4, -0.2) is 23.7 Å². The summed E-state index contributed by atoms with van der Waals surface area (Å²) < 4.78 is 47.5. The maximum atomic E-state index is 13.5. The van der Waals surface area contributed by atoms with Crippen LogP contribution in [0.1, 0.15) is 24.0 Å². The summed E-state index contributed by atoms with van der Waals surface area (Å²) in [4.78, 5) is 14.9. The highest BCUT2D eigenvalue weighted by Gasteiger charge is 2.32. The van der Waals surface area contributed by atoms with Gasteiger partial charge in [0.05, 0.1) is 23.0 Å². The van der Waals surface area contributed by atoms with E-state index in [1.165, 1.54) is 16.7 Å². The predicted octanol–water partition coefficient (Wildman–Crippen LogP) is 5.06. The number of nitrogens with one attached hydrogen (secondary N) is 1. The van der Waals surface area contributed by atoms with Gasteiger partial charge < -0.3 is 19.2 Å². The summed E-state index contributed by atoms with van der Waals surface area (Å²) in [7, 11) is 1.59. The smallest absolute Gasteiger partial charge is 0.416 e. The van der Waals surface area contributed by atoms with E-state index in [4.69, 9.17) is 4.42 Å². The van der Waals surface area contributed by atoms with Crippen molar-refractivity contribution < 1.29 is 17.6 Å². The molecule has 1 aliphatic rings. The topological polar surface area (TPSA) is 50.4 Å². The van der Waals surface area contributed by atoms with Crippen molar-refractivity contribution >= 4 is 27.6 Å². The molecule has 0 saturated carbocycles. The predicted molar refractivity (Wildman–Crippen MR) is 122 cm³/mol. The van der Waals surface area contributed by atoms with E-state index in [9.17, 15) is 18.0 Å². The monoisotopic (exact) mass is 455 g/mol. The van der Waals surface area contributed by atoms with Crippen molar-refractivity contribution in [1.82, 2.24) is 9.88 Å². The summed E-state index contributed by atoms with van der Waals surface area (Å²) in [5.74, 6) is 0. The first-order valence-electron chi connectivity index (χ1n) is 11.0. The molecule has 2 aromatic carbocycles. The number of aromatic nitrogens is 1. The average molecular weight is 455 g/mol. The number of anilines is 1. The fraction of sp³-hybridized carbons (Fsp3) is 0.320. The molecule has 1 aliphatic heterocycles. The van der Waals surface area contributed by atoms with Gasteiger partial charge in [-0.25, -0.2) is 0 Å². The molecular formula is C25H24F3N3O2. The number of piperidine rings is 1. The molecule has 1 N–H and O–H groups in total. The first-order valence-corrected chi connectivity index (χ1v) is 11.0. The SMILES string of the molecule is Cn1c(=O)cc(N(Cc2ccc3occc3c2)C2CCNCC2)c2cc(C(F)(F)F)ccc21. The summed E-state index contributed by atoms with van der Waals surface area (Å²) in [6, 6.07) is 12.9. The lowest BCUT2D eigenvalue weighted by Gasteiger charge is -2.37. The van der Waals surface area contributed by atoms with Crippen LogP contribution in [0.25, 0.3) is 21.9 Å². The Hall–Kier alpha value is -3.26. The van der Waals surface area contributed by atoms with Crippen LogP contribution < -0.4 is 15.8 Å². The van der Waals surface area contributed by atoms with Gasteiger partial charge in [0.25, 0.3) is 5.56 Å². The Balaban J connectivity index is 1.68. The van der Waals surface area contributed by atoms with Gasteiger partial charge in [0.2, 0.25) is 0 Å². The molecule has 0 bridgehead atoms. The molecule has 0 radical (unpaired) electrons. The summed E-state index contributed by atoms with van der Waals surface area (Å²) in [6.07, 6.45) is -1.16. The third kappa shape index (κ3) is 4.11. The van der Waals surface area contributed by atoms with E-state index in [2.05, 4.69) is 10.2 Å². The molecule has 0 spiro atoms. The van der Waals surface area contributed by atoms with Crippen molar-refractivity contribution in [2.75, 3.05) is 18.0 Å². The fourth-order valence-electron chi connectivity index (χ4n) is 4.70. The van der Waals surface area contributed by atoms with Crippen LogP contribution in [-0.2, 0) is 19.8 Å². The van der Waals surface area contributed by atoms with Gasteiger partial charge in [0.15, 0.2) is 0 Å². The Bertz CT molecular complexity index is 1370. The van der Waals surface area contributed by atoms with E-state index < -0.39 is 11.7 Å². The Morgan fingerprint density at radius 1 is 1.09 bits per heavy atom. The zero-order valence-electron chi connectivity index (χ0n) is 18.2. The summed E-state index contributed by atoms with van der Waals surface area (Å²) in [6.45, 7) is 2.11. The van der Waals surface area contributed by atoms with E-state index in [-0.39, 0.29) is 11.6 Å². The third-order valence-corrected chi connectivity index (χ3v) is 6.48. The number of benzene rings is 2. The van der Waals surface area contributed by atoms with Crippen molar-refractivity contribution in [3.8, 4) is 0 Å². The van der Waals surface area contributed by atoms with Crippen LogP contribution in [0.3, 0.4) is 0 Å². The lowest BCUT2D eigenvalue weighted by Crippen LogP contribution is -2.43. The molecule has 33 heavy (non-hydrogen) atoms. The summed E-state index contributed by atoms with van der Waals surface area (Å²) in [5.41, 5.74) is 1.83. The number of rotatable bonds is 4. The molecule has 0 amide bonds. The highest BCUT2D eigenvalue weighted by atomic mass is 19.4. The van der Waals surface area contributed by atoms with Gasteiger partial charge in [-0.3, -0.25) is 4.79 Å². The second-order valence-electron chi connectivity index (χ2n) is 8.56. The molecule has 1 fully saturated rings. The van der Waals surface area contributed by atoms with Crippen LogP contribution in [0.5, 0.6) is 0 Å². The van der Waals surface area contributed by atoms with Crippen LogP contribution in [0.4, 0.5) is 18.9 Å². The molecule has 0 aliphatic carbocycles. The number of hydrogen-bond acceptors (Lipinski definition) is 4. The Morgan fingerprint density at radius 3 is 2.64 bits per heavy atom. The van der Waals surface area contributed by atoms with E-state index >= 15 is 0 Å². The Kier molecular flexibility index (Phi) is 5.40.